The molecule has 0 radical (unpaired) electrons. The largest absolute Gasteiger partial charge is 0.394 e. The second kappa shape index (κ2) is 62.5. The molecule has 0 amide bonds. The minimum atomic E-state index is -2.03. The fraction of sp³-hybridized carbons (Fsp3) is 1.00. The third-order valence-corrected chi connectivity index (χ3v) is 22.3. The molecule has 137 heavy (non-hydrogen) atoms. The first kappa shape index (κ1) is 129. The Balaban J connectivity index is 0.000000446. The Labute approximate surface area is 774 Å². The highest BCUT2D eigenvalue weighted by atomic mass is 16.8. The Morgan fingerprint density at radius 2 is 0.292 bits per heavy atom. The quantitative estimate of drug-likeness (QED) is 0.0269. The molecule has 1 unspecified atom stereocenters. The molecular weight excluding hydrogens is 1900 g/mol. The van der Waals surface area contributed by atoms with Crippen molar-refractivity contribution in [3.05, 3.63) is 0 Å². The van der Waals surface area contributed by atoms with Gasteiger partial charge in [-0.2, -0.15) is 0 Å². The van der Waals surface area contributed by atoms with E-state index in [4.69, 9.17) is 128 Å². The lowest BCUT2D eigenvalue weighted by molar-refractivity contribution is -0.333. The fourth-order valence-corrected chi connectivity index (χ4v) is 13.5. The summed E-state index contributed by atoms with van der Waals surface area (Å²) < 4.78 is 71.4. The Bertz CT molecular complexity index is 2910. The minimum absolute atomic E-state index is 0.708. The Hall–Kier alpha value is -2.60. The molecule has 0 spiro atoms. The van der Waals surface area contributed by atoms with Crippen LogP contribution in [0.2, 0.25) is 0 Å². The van der Waals surface area contributed by atoms with Gasteiger partial charge in [-0.15, -0.1) is 0 Å². The van der Waals surface area contributed by atoms with E-state index in [9.17, 15) is 199 Å². The van der Waals surface area contributed by atoms with Crippen LogP contribution in [0, 0.1) is 0 Å². The number of hydrogen-bond acceptors (Lipinski definition) is 65. The van der Waals surface area contributed by atoms with Gasteiger partial charge >= 0.3 is 0 Å². The maximum atomic E-state index is 10.5. The van der Waals surface area contributed by atoms with Crippen molar-refractivity contribution in [1.29, 1.82) is 0 Å². The molecule has 0 bridgehead atoms. The van der Waals surface area contributed by atoms with E-state index in [1.165, 1.54) is 0 Å². The Morgan fingerprint density at radius 1 is 0.153 bits per heavy atom. The van der Waals surface area contributed by atoms with Gasteiger partial charge in [-0.05, 0) is 0 Å². The van der Waals surface area contributed by atoms with Crippen LogP contribution >= 0.6 is 0 Å². The molecule has 0 aromatic heterocycles. The molecule has 7 aliphatic rings. The summed E-state index contributed by atoms with van der Waals surface area (Å²) in [5, 5.41) is 490. The van der Waals surface area contributed by atoms with E-state index in [2.05, 4.69) is 0 Å². The highest BCUT2D eigenvalue weighted by Gasteiger charge is 2.55. The zero-order chi connectivity index (χ0) is 105. The van der Waals surface area contributed by atoms with Gasteiger partial charge in [-0.1, -0.05) is 0 Å². The number of ether oxygens (including phenoxy) is 14. The predicted molar refractivity (Wildman–Crippen MR) is 419 cm³/mol. The molecule has 65 nitrogen and oxygen atoms in total. The molecule has 51 N–H and O–H groups in total. The molecule has 0 saturated carbocycles. The average molecular weight is 2050 g/mol. The second-order valence-corrected chi connectivity index (χ2v) is 32.2. The van der Waals surface area contributed by atoms with E-state index in [-0.39, 0.29) is 0 Å². The van der Waals surface area contributed by atoms with Gasteiger partial charge in [0, 0.05) is 0 Å². The summed E-state index contributed by atoms with van der Waals surface area (Å²) >= 11 is 0. The van der Waals surface area contributed by atoms with Crippen molar-refractivity contribution >= 4 is 0 Å². The highest BCUT2D eigenvalue weighted by Crippen LogP contribution is 2.33. The molecule has 7 aliphatic heterocycles. The average Bonchev–Trinajstić information content (AvgIpc) is 0.800. The SMILES string of the molecule is OC[C@@H](O)[C@@H](O)[C@H](O[C@@H]1O[C@H](CO)[C@@H](O)[C@H](O)[C@H]1O)[C@@H](O)CO[C@@H]1O[C@H](CO)[C@@H](O)[C@H](O)[C@H]1O.OC[C@@H](O)[C@@H](O[C@@H]1O[C@H](CO)[C@@H](O)[C@H](O)[C@H]1O)[C@H](O)[C@@H](O)CO.OC[C@@H](O)[C@@H](O[C@@H]1O[C@H](CO)[C@H](O)[C@H](O)[C@H]1O)[C@H](O)[C@@H](O)CO.OC[C@@H](O)[C@@H](O[C@H]1O[C@H](CO)[C@@H](O)[C@H](O)[C@H]1O)[C@H](O)[C@@H](O)CO.OC[C@H]1O[C@H](OC[C@@H](O)[C@@H](O)[C@H](O)[C@H](O)COC2O[C@H](CO)[C@@H](O)[C@H](O)[C@H]2O)[C@H](O)[C@@H](O)[C@H]1O. The summed E-state index contributed by atoms with van der Waals surface area (Å²) in [6, 6.07) is 0. The molecule has 65 heteroatoms. The van der Waals surface area contributed by atoms with Crippen LogP contribution in [0.5, 0.6) is 0 Å². The maximum Gasteiger partial charge on any atom is 0.187 e. The van der Waals surface area contributed by atoms with Crippen molar-refractivity contribution in [2.75, 3.05) is 112 Å². The molecule has 7 fully saturated rings. The minimum Gasteiger partial charge on any atom is -0.394 e. The normalized spacial score (nSPS) is 39.9. The number of aliphatic hydroxyl groups excluding tert-OH is 51. The van der Waals surface area contributed by atoms with Crippen LogP contribution in [0.15, 0.2) is 0 Å². The zero-order valence-electron chi connectivity index (χ0n) is 72.3. The van der Waals surface area contributed by atoms with Crippen LogP contribution in [0.1, 0.15) is 0 Å². The van der Waals surface area contributed by atoms with Crippen LogP contribution in [0.3, 0.4) is 0 Å². The third kappa shape index (κ3) is 35.0. The number of hydrogen-bond donors (Lipinski definition) is 51. The fourth-order valence-electron chi connectivity index (χ4n) is 13.5. The molecule has 7 saturated heterocycles. The van der Waals surface area contributed by atoms with Gasteiger partial charge in [-0.3, -0.25) is 0 Å². The van der Waals surface area contributed by atoms with E-state index in [1.807, 2.05) is 0 Å². The van der Waals surface area contributed by atoms with Crippen molar-refractivity contribution in [2.45, 2.75) is 337 Å². The van der Waals surface area contributed by atoms with Crippen LogP contribution in [0.25, 0.3) is 0 Å². The summed E-state index contributed by atoms with van der Waals surface area (Å²) in [6.45, 7) is -13.7. The summed E-state index contributed by atoms with van der Waals surface area (Å²) in [4.78, 5) is 0. The van der Waals surface area contributed by atoms with Gasteiger partial charge < -0.3 is 327 Å². The van der Waals surface area contributed by atoms with E-state index in [0.717, 1.165) is 0 Å². The molecule has 7 rings (SSSR count). The lowest BCUT2D eigenvalue weighted by Gasteiger charge is -2.43. The van der Waals surface area contributed by atoms with Crippen LogP contribution in [-0.2, 0) is 66.3 Å². The van der Waals surface area contributed by atoms with Crippen molar-refractivity contribution in [1.82, 2.24) is 0 Å². The molecule has 0 aromatic rings. The summed E-state index contributed by atoms with van der Waals surface area (Å²) in [7, 11) is 0. The van der Waals surface area contributed by atoms with Gasteiger partial charge in [-0.25, -0.2) is 0 Å². The second-order valence-electron chi connectivity index (χ2n) is 32.2. The van der Waals surface area contributed by atoms with Crippen molar-refractivity contribution in [2.24, 2.45) is 0 Å². The molecule has 0 aliphatic carbocycles. The van der Waals surface area contributed by atoms with E-state index >= 15 is 0 Å². The first-order chi connectivity index (χ1) is 64.2. The zero-order valence-corrected chi connectivity index (χ0v) is 72.3. The van der Waals surface area contributed by atoms with Crippen LogP contribution in [-0.4, -0.2) is 710 Å². The van der Waals surface area contributed by atoms with Crippen molar-refractivity contribution in [3.8, 4) is 0 Å². The van der Waals surface area contributed by atoms with Crippen molar-refractivity contribution < 1.29 is 327 Å². The van der Waals surface area contributed by atoms with Gasteiger partial charge in [0.25, 0.3) is 0 Å². The lowest BCUT2D eigenvalue weighted by atomic mass is 9.98. The van der Waals surface area contributed by atoms with Gasteiger partial charge in [0.1, 0.15) is 293 Å². The first-order valence-electron chi connectivity index (χ1n) is 42.0. The summed E-state index contributed by atoms with van der Waals surface area (Å²) in [6.07, 6.45) is -93.5. The molecule has 7 heterocycles. The number of rotatable bonds is 46. The monoisotopic (exact) mass is 2040 g/mol. The maximum absolute atomic E-state index is 10.5. The van der Waals surface area contributed by atoms with Gasteiger partial charge in [0.2, 0.25) is 0 Å². The molecule has 0 aromatic carbocycles. The highest BCUT2D eigenvalue weighted by molar-refractivity contribution is 4.99. The van der Waals surface area contributed by atoms with Crippen molar-refractivity contribution in [3.63, 3.8) is 0 Å². The standard InChI is InChI=1S/2C18H34O16.3C12H24O11/c19-1-7-11(25)13(27)15(29)17(33-7)31-3-5(21)9(23)10(24)6(22)4-32-18-16(30)14(28)12(26)8(2-20)34-18;19-1-5(22)9(24)16(34-18-15(30)13(28)11(26)8(3-21)33-18)6(23)4-31-17-14(29)12(27)10(25)7(2-20)32-17;3*13-1-4(16)7(18)11(5(17)2-14)23-12-10(21)9(20)8(19)6(3-15)22-12/h2*5-30H,1-4H2;3*4-21H,1-3H2/t5-,6-,7-,8-,9-,10-,11-,12+,13+,14+,15-,16-,17?,18+;5-,6+,7-,8-,9-,10-,11-,12+,13+,14-,15-,16-,17-,18+;4-,5+,6+,7+,8+,9-,10+,11+,12+;4-,5+,6+,7+,8+,9-,10+,11+,12-;4-,5+,6+,7+,8-,9-,10+,11+,12-/m11000/s1. The van der Waals surface area contributed by atoms with Crippen LogP contribution in [0.4, 0.5) is 0 Å². The van der Waals surface area contributed by atoms with E-state index < -0.39 is 449 Å². The lowest BCUT2D eigenvalue weighted by Crippen LogP contribution is -2.62. The molecule has 818 valence electrons. The molecule has 55 atom stereocenters. The predicted octanol–water partition coefficient (Wildman–Crippen LogP) is -33.2. The van der Waals surface area contributed by atoms with Crippen LogP contribution < -0.4 is 0 Å². The first-order valence-corrected chi connectivity index (χ1v) is 42.0. The molecular formula is C72H140O65. The number of aliphatic hydroxyl groups is 51. The topological polar surface area (TPSA) is 1160 Å². The third-order valence-electron chi connectivity index (χ3n) is 22.3. The summed E-state index contributed by atoms with van der Waals surface area (Å²) in [5.74, 6) is 0. The Morgan fingerprint density at radius 3 is 0.445 bits per heavy atom. The van der Waals surface area contributed by atoms with Gasteiger partial charge in [0.15, 0.2) is 44.0 Å². The Kier molecular flexibility index (Phi) is 58.7. The van der Waals surface area contributed by atoms with Gasteiger partial charge in [0.05, 0.1) is 112 Å². The van der Waals surface area contributed by atoms with E-state index in [1.54, 1.807) is 0 Å². The smallest absolute Gasteiger partial charge is 0.187 e. The summed E-state index contributed by atoms with van der Waals surface area (Å²) in [5.41, 5.74) is 0. The van der Waals surface area contributed by atoms with E-state index in [0.29, 0.717) is 0 Å².